The minimum absolute atomic E-state index is 0.157. The third-order valence-electron chi connectivity index (χ3n) is 2.25. The number of hydrogen-bond acceptors (Lipinski definition) is 5. The summed E-state index contributed by atoms with van der Waals surface area (Å²) in [5, 5.41) is 0. The van der Waals surface area contributed by atoms with Crippen LogP contribution in [0.3, 0.4) is 0 Å². The lowest BCUT2D eigenvalue weighted by Crippen LogP contribution is -2.68. The fourth-order valence-corrected chi connectivity index (χ4v) is 2.71. The molecule has 0 atom stereocenters. The molecule has 6 nitrogen and oxygen atoms in total. The van der Waals surface area contributed by atoms with Gasteiger partial charge in [-0.05, 0) is 20.8 Å². The molecular formula is C8H13NO5S. The maximum Gasteiger partial charge on any atom is 0.326 e. The first-order chi connectivity index (χ1) is 6.75. The molecule has 0 unspecified atom stereocenters. The van der Waals surface area contributed by atoms with Crippen LogP contribution in [0, 0.1) is 0 Å². The quantitative estimate of drug-likeness (QED) is 0.616. The lowest BCUT2D eigenvalue weighted by molar-refractivity contribution is -0.148. The van der Waals surface area contributed by atoms with E-state index in [1.165, 1.54) is 13.8 Å². The normalized spacial score (nSPS) is 22.1. The largest absolute Gasteiger partial charge is 0.465 e. The fraction of sp³-hybridized carbons (Fsp3) is 0.750. The Kier molecular flexibility index (Phi) is 2.77. The van der Waals surface area contributed by atoms with Crippen molar-refractivity contribution < 1.29 is 22.7 Å². The van der Waals surface area contributed by atoms with Crippen molar-refractivity contribution in [1.29, 1.82) is 0 Å². The minimum atomic E-state index is -3.68. The van der Waals surface area contributed by atoms with Crippen molar-refractivity contribution >= 4 is 21.9 Å². The molecule has 0 bridgehead atoms. The summed E-state index contributed by atoms with van der Waals surface area (Å²) in [7, 11) is -3.68. The van der Waals surface area contributed by atoms with Crippen LogP contribution in [0.1, 0.15) is 20.8 Å². The Hall–Kier alpha value is -1.11. The highest BCUT2D eigenvalue weighted by Crippen LogP contribution is 2.34. The predicted octanol–water partition coefficient (Wildman–Crippen LogP) is -0.500. The monoisotopic (exact) mass is 235 g/mol. The highest BCUT2D eigenvalue weighted by atomic mass is 32.2. The van der Waals surface area contributed by atoms with Crippen molar-refractivity contribution in [3.05, 3.63) is 0 Å². The molecule has 0 radical (unpaired) electrons. The number of hydrogen-bond donors (Lipinski definition) is 0. The van der Waals surface area contributed by atoms with Gasteiger partial charge in [-0.15, -0.1) is 0 Å². The van der Waals surface area contributed by atoms with Crippen molar-refractivity contribution in [3.8, 4) is 0 Å². The maximum atomic E-state index is 11.5. The molecule has 15 heavy (non-hydrogen) atoms. The van der Waals surface area contributed by atoms with E-state index < -0.39 is 33.2 Å². The van der Waals surface area contributed by atoms with Crippen molar-refractivity contribution in [3.63, 3.8) is 0 Å². The molecule has 0 N–H and O–H groups in total. The smallest absolute Gasteiger partial charge is 0.326 e. The summed E-state index contributed by atoms with van der Waals surface area (Å²) in [6.07, 6.45) is 0. The van der Waals surface area contributed by atoms with Crippen molar-refractivity contribution in [2.24, 2.45) is 0 Å². The first kappa shape index (κ1) is 12.0. The molecule has 1 fully saturated rings. The van der Waals surface area contributed by atoms with Crippen molar-refractivity contribution in [2.75, 3.05) is 13.2 Å². The lowest BCUT2D eigenvalue weighted by atomic mass is 10.2. The van der Waals surface area contributed by atoms with E-state index in [4.69, 9.17) is 0 Å². The van der Waals surface area contributed by atoms with E-state index in [0.29, 0.717) is 4.31 Å². The van der Waals surface area contributed by atoms with Gasteiger partial charge in [0.25, 0.3) is 15.9 Å². The number of carbonyl (C=O) groups excluding carboxylic acids is 2. The molecule has 1 aliphatic rings. The predicted molar refractivity (Wildman–Crippen MR) is 51.3 cm³/mol. The third kappa shape index (κ3) is 1.60. The Bertz CT molecular complexity index is 397. The van der Waals surface area contributed by atoms with Gasteiger partial charge >= 0.3 is 5.97 Å². The zero-order valence-electron chi connectivity index (χ0n) is 8.81. The second-order valence-electron chi connectivity index (χ2n) is 3.63. The van der Waals surface area contributed by atoms with Crippen LogP contribution in [0.2, 0.25) is 0 Å². The van der Waals surface area contributed by atoms with Crippen LogP contribution in [-0.2, 0) is 24.3 Å². The van der Waals surface area contributed by atoms with Gasteiger partial charge in [0, 0.05) is 0 Å². The lowest BCUT2D eigenvalue weighted by Gasteiger charge is -2.42. The first-order valence-electron chi connectivity index (χ1n) is 4.47. The van der Waals surface area contributed by atoms with E-state index in [1.54, 1.807) is 6.92 Å². The zero-order chi connectivity index (χ0) is 11.9. The summed E-state index contributed by atoms with van der Waals surface area (Å²) < 4.78 is 26.7. The van der Waals surface area contributed by atoms with Gasteiger partial charge in [-0.1, -0.05) is 0 Å². The van der Waals surface area contributed by atoms with Gasteiger partial charge in [0.1, 0.15) is 6.54 Å². The Morgan fingerprint density at radius 1 is 1.47 bits per heavy atom. The van der Waals surface area contributed by atoms with Crippen LogP contribution in [0.5, 0.6) is 0 Å². The Morgan fingerprint density at radius 2 is 2.00 bits per heavy atom. The first-order valence-corrected chi connectivity index (χ1v) is 5.91. The molecule has 0 aromatic carbocycles. The highest BCUT2D eigenvalue weighted by Gasteiger charge is 2.60. The Labute approximate surface area is 88.2 Å². The Morgan fingerprint density at radius 3 is 2.40 bits per heavy atom. The maximum absolute atomic E-state index is 11.5. The number of rotatable bonds is 3. The van der Waals surface area contributed by atoms with Gasteiger partial charge in [-0.2, -0.15) is 0 Å². The van der Waals surface area contributed by atoms with E-state index in [-0.39, 0.29) is 6.61 Å². The SMILES string of the molecule is CCOC(=O)CN1C(=O)C(C)(C)S1(=O)=O. The van der Waals surface area contributed by atoms with Crippen LogP contribution in [-0.4, -0.2) is 42.5 Å². The van der Waals surface area contributed by atoms with Gasteiger partial charge in [-0.25, -0.2) is 12.7 Å². The van der Waals surface area contributed by atoms with Crippen LogP contribution in [0.25, 0.3) is 0 Å². The zero-order valence-corrected chi connectivity index (χ0v) is 9.63. The molecule has 0 saturated carbocycles. The van der Waals surface area contributed by atoms with Crippen molar-refractivity contribution in [2.45, 2.75) is 25.5 Å². The van der Waals surface area contributed by atoms with Crippen LogP contribution >= 0.6 is 0 Å². The molecule has 1 amide bonds. The molecule has 0 aromatic heterocycles. The number of amides is 1. The summed E-state index contributed by atoms with van der Waals surface area (Å²) in [6, 6.07) is 0. The summed E-state index contributed by atoms with van der Waals surface area (Å²) >= 11 is 0. The second-order valence-corrected chi connectivity index (χ2v) is 6.04. The molecule has 86 valence electrons. The molecule has 7 heteroatoms. The van der Waals surface area contributed by atoms with Gasteiger partial charge in [-0.3, -0.25) is 9.59 Å². The van der Waals surface area contributed by atoms with E-state index >= 15 is 0 Å². The van der Waals surface area contributed by atoms with Gasteiger partial charge in [0.2, 0.25) is 0 Å². The highest BCUT2D eigenvalue weighted by molar-refractivity contribution is 7.94. The second kappa shape index (κ2) is 3.48. The van der Waals surface area contributed by atoms with Crippen LogP contribution in [0.15, 0.2) is 0 Å². The number of nitrogens with zero attached hydrogens (tertiary/aromatic N) is 1. The number of ether oxygens (including phenoxy) is 1. The number of sulfonamides is 1. The van der Waals surface area contributed by atoms with Crippen LogP contribution in [0.4, 0.5) is 0 Å². The van der Waals surface area contributed by atoms with Crippen LogP contribution < -0.4 is 0 Å². The summed E-state index contributed by atoms with van der Waals surface area (Å²) in [6.45, 7) is 3.86. The molecule has 0 spiro atoms. The van der Waals surface area contributed by atoms with E-state index in [9.17, 15) is 18.0 Å². The average molecular weight is 235 g/mol. The molecule has 0 aromatic rings. The standard InChI is InChI=1S/C8H13NO5S/c1-4-14-6(10)5-9-7(11)8(2,3)15(9,12)13/h4-5H2,1-3H3. The number of esters is 1. The third-order valence-corrected chi connectivity index (χ3v) is 4.59. The molecule has 1 saturated heterocycles. The minimum Gasteiger partial charge on any atom is -0.465 e. The summed E-state index contributed by atoms with van der Waals surface area (Å²) in [5.41, 5.74) is 0. The number of carbonyl (C=O) groups is 2. The van der Waals surface area contributed by atoms with E-state index in [0.717, 1.165) is 0 Å². The van der Waals surface area contributed by atoms with E-state index in [2.05, 4.69) is 4.74 Å². The molecule has 1 heterocycles. The Balaban J connectivity index is 2.76. The molecule has 0 aliphatic carbocycles. The average Bonchev–Trinajstić information content (AvgIpc) is 2.13. The molecular weight excluding hydrogens is 222 g/mol. The van der Waals surface area contributed by atoms with Gasteiger partial charge < -0.3 is 4.74 Å². The fourth-order valence-electron chi connectivity index (χ4n) is 1.24. The summed E-state index contributed by atoms with van der Waals surface area (Å²) in [4.78, 5) is 22.4. The molecule has 1 aliphatic heterocycles. The topological polar surface area (TPSA) is 80.8 Å². The summed E-state index contributed by atoms with van der Waals surface area (Å²) in [5.74, 6) is -1.29. The van der Waals surface area contributed by atoms with Gasteiger partial charge in [0.05, 0.1) is 6.61 Å². The van der Waals surface area contributed by atoms with Gasteiger partial charge in [0.15, 0.2) is 4.75 Å². The van der Waals surface area contributed by atoms with E-state index in [1.807, 2.05) is 0 Å². The molecule has 1 rings (SSSR count). The van der Waals surface area contributed by atoms with Crippen molar-refractivity contribution in [1.82, 2.24) is 4.31 Å².